The molecule has 0 bridgehead atoms. The summed E-state index contributed by atoms with van der Waals surface area (Å²) >= 11 is 0. The van der Waals surface area contributed by atoms with Gasteiger partial charge in [0.15, 0.2) is 6.10 Å². The number of rotatable bonds is 6. The topological polar surface area (TPSA) is 96.2 Å². The molecule has 30 heavy (non-hydrogen) atoms. The molecule has 152 valence electrons. The lowest BCUT2D eigenvalue weighted by Crippen LogP contribution is -2.30. The Morgan fingerprint density at radius 3 is 2.27 bits per heavy atom. The first-order valence-electron chi connectivity index (χ1n) is 9.42. The molecule has 2 amide bonds. The molecule has 0 fully saturated rings. The van der Waals surface area contributed by atoms with Crippen LogP contribution in [0.25, 0.3) is 0 Å². The molecular weight excluding hydrogens is 380 g/mol. The molecule has 7 heteroatoms. The summed E-state index contributed by atoms with van der Waals surface area (Å²) in [4.78, 5) is 24.8. The van der Waals surface area contributed by atoms with E-state index in [1.54, 1.807) is 60.1 Å². The minimum Gasteiger partial charge on any atom is -0.481 e. The Morgan fingerprint density at radius 2 is 1.63 bits per heavy atom. The minimum atomic E-state index is -0.790. The maximum absolute atomic E-state index is 12.5. The summed E-state index contributed by atoms with van der Waals surface area (Å²) in [7, 11) is 0. The van der Waals surface area contributed by atoms with Crippen molar-refractivity contribution in [2.45, 2.75) is 26.9 Å². The number of ether oxygens (including phenoxy) is 1. The Balaban J connectivity index is 1.61. The van der Waals surface area contributed by atoms with Gasteiger partial charge in [-0.05, 0) is 69.3 Å². The van der Waals surface area contributed by atoms with Crippen LogP contribution in [0.4, 0.5) is 5.69 Å². The largest absolute Gasteiger partial charge is 0.481 e. The van der Waals surface area contributed by atoms with Crippen molar-refractivity contribution in [3.63, 3.8) is 0 Å². The van der Waals surface area contributed by atoms with Crippen molar-refractivity contribution in [3.05, 3.63) is 83.2 Å². The van der Waals surface area contributed by atoms with E-state index in [-0.39, 0.29) is 11.8 Å². The quantitative estimate of drug-likeness (QED) is 0.656. The van der Waals surface area contributed by atoms with Gasteiger partial charge in [0.25, 0.3) is 11.8 Å². The SMILES string of the molecule is Cc1ccc(C)n1NC(=O)c1ccc(O[C@H](C)C(=O)Nc2ccccc2C#N)cc1. The zero-order valence-electron chi connectivity index (χ0n) is 17.0. The number of benzene rings is 2. The molecule has 2 N–H and O–H groups in total. The van der Waals surface area contributed by atoms with Gasteiger partial charge >= 0.3 is 0 Å². The van der Waals surface area contributed by atoms with Crippen molar-refractivity contribution < 1.29 is 14.3 Å². The summed E-state index contributed by atoms with van der Waals surface area (Å²) in [6.45, 7) is 5.43. The highest BCUT2D eigenvalue weighted by molar-refractivity contribution is 6.00. The highest BCUT2D eigenvalue weighted by Gasteiger charge is 2.17. The molecule has 7 nitrogen and oxygen atoms in total. The molecule has 0 spiro atoms. The number of aromatic nitrogens is 1. The first-order valence-corrected chi connectivity index (χ1v) is 9.42. The van der Waals surface area contributed by atoms with E-state index in [1.807, 2.05) is 32.0 Å². The van der Waals surface area contributed by atoms with Crippen LogP contribution in [-0.4, -0.2) is 22.6 Å². The van der Waals surface area contributed by atoms with E-state index in [9.17, 15) is 9.59 Å². The third-order valence-corrected chi connectivity index (χ3v) is 4.59. The smallest absolute Gasteiger partial charge is 0.270 e. The number of anilines is 1. The molecule has 0 aliphatic rings. The highest BCUT2D eigenvalue weighted by Crippen LogP contribution is 2.17. The third-order valence-electron chi connectivity index (χ3n) is 4.59. The molecule has 1 atom stereocenters. The van der Waals surface area contributed by atoms with Gasteiger partial charge in [0.05, 0.1) is 11.3 Å². The Morgan fingerprint density at radius 1 is 1.00 bits per heavy atom. The van der Waals surface area contributed by atoms with Crippen LogP contribution in [-0.2, 0) is 4.79 Å². The number of carbonyl (C=O) groups is 2. The second-order valence-corrected chi connectivity index (χ2v) is 6.82. The van der Waals surface area contributed by atoms with Crippen LogP contribution in [0.15, 0.2) is 60.7 Å². The molecule has 1 aromatic heterocycles. The standard InChI is InChI=1S/C23H22N4O3/c1-15-8-9-16(2)27(15)26-23(29)18-10-12-20(13-11-18)30-17(3)22(28)25-21-7-5-4-6-19(21)14-24/h4-13,17H,1-3H3,(H,25,28)(H,26,29)/t17-/m1/s1. The number of nitrogens with one attached hydrogen (secondary N) is 2. The van der Waals surface area contributed by atoms with Crippen LogP contribution in [0.2, 0.25) is 0 Å². The van der Waals surface area contributed by atoms with Crippen molar-refractivity contribution in [1.82, 2.24) is 4.68 Å². The Bertz CT molecular complexity index is 1090. The maximum atomic E-state index is 12.5. The average Bonchev–Trinajstić information content (AvgIpc) is 3.06. The van der Waals surface area contributed by atoms with Crippen molar-refractivity contribution >= 4 is 17.5 Å². The predicted molar refractivity (Wildman–Crippen MR) is 114 cm³/mol. The van der Waals surface area contributed by atoms with E-state index in [0.29, 0.717) is 22.6 Å². The fourth-order valence-corrected chi connectivity index (χ4v) is 2.88. The number of hydrogen-bond donors (Lipinski definition) is 2. The maximum Gasteiger partial charge on any atom is 0.270 e. The highest BCUT2D eigenvalue weighted by atomic mass is 16.5. The van der Waals surface area contributed by atoms with E-state index >= 15 is 0 Å². The monoisotopic (exact) mass is 402 g/mol. The molecule has 0 saturated carbocycles. The van der Waals surface area contributed by atoms with Gasteiger partial charge in [0, 0.05) is 17.0 Å². The zero-order chi connectivity index (χ0) is 21.7. The Labute approximate surface area is 174 Å². The number of amides is 2. The summed E-state index contributed by atoms with van der Waals surface area (Å²) in [5.41, 5.74) is 5.97. The Hall–Kier alpha value is -4.05. The van der Waals surface area contributed by atoms with Gasteiger partial charge < -0.3 is 10.1 Å². The predicted octanol–water partition coefficient (Wildman–Crippen LogP) is 3.77. The van der Waals surface area contributed by atoms with Crippen molar-refractivity contribution in [2.75, 3.05) is 10.7 Å². The van der Waals surface area contributed by atoms with Gasteiger partial charge in [-0.1, -0.05) is 12.1 Å². The van der Waals surface area contributed by atoms with E-state index in [2.05, 4.69) is 10.7 Å². The van der Waals surface area contributed by atoms with Crippen LogP contribution in [0.1, 0.15) is 34.2 Å². The first kappa shape index (κ1) is 20.7. The molecule has 1 heterocycles. The minimum absolute atomic E-state index is 0.247. The van der Waals surface area contributed by atoms with Gasteiger partial charge in [-0.2, -0.15) is 5.26 Å². The van der Waals surface area contributed by atoms with Crippen LogP contribution >= 0.6 is 0 Å². The summed E-state index contributed by atoms with van der Waals surface area (Å²) in [6.07, 6.45) is -0.790. The number of nitrogens with zero attached hydrogens (tertiary/aromatic N) is 2. The molecule has 3 rings (SSSR count). The van der Waals surface area contributed by atoms with Crippen molar-refractivity contribution in [3.8, 4) is 11.8 Å². The molecule has 0 aliphatic carbocycles. The van der Waals surface area contributed by atoms with Crippen LogP contribution in [0, 0.1) is 25.2 Å². The number of aryl methyl sites for hydroxylation is 2. The normalized spacial score (nSPS) is 11.3. The second-order valence-electron chi connectivity index (χ2n) is 6.82. The van der Waals surface area contributed by atoms with E-state index in [4.69, 9.17) is 10.00 Å². The average molecular weight is 402 g/mol. The number of carbonyl (C=O) groups excluding carboxylic acids is 2. The zero-order valence-corrected chi connectivity index (χ0v) is 17.0. The summed E-state index contributed by atoms with van der Waals surface area (Å²) in [5.74, 6) is -0.169. The van der Waals surface area contributed by atoms with Crippen LogP contribution in [0.3, 0.4) is 0 Å². The first-order chi connectivity index (χ1) is 14.4. The lowest BCUT2D eigenvalue weighted by Gasteiger charge is -2.16. The van der Waals surface area contributed by atoms with Crippen molar-refractivity contribution in [1.29, 1.82) is 5.26 Å². The lowest BCUT2D eigenvalue weighted by molar-refractivity contribution is -0.122. The van der Waals surface area contributed by atoms with Gasteiger partial charge in [0.2, 0.25) is 0 Å². The second kappa shape index (κ2) is 8.97. The fraction of sp³-hybridized carbons (Fsp3) is 0.174. The lowest BCUT2D eigenvalue weighted by atomic mass is 10.2. The summed E-state index contributed by atoms with van der Waals surface area (Å²) in [5, 5.41) is 11.8. The number of para-hydroxylation sites is 1. The molecule has 0 unspecified atom stereocenters. The molecular formula is C23H22N4O3. The van der Waals surface area contributed by atoms with Crippen molar-refractivity contribution in [2.24, 2.45) is 0 Å². The number of hydrogen-bond acceptors (Lipinski definition) is 4. The molecule has 0 aliphatic heterocycles. The Kier molecular flexibility index (Phi) is 6.18. The summed E-state index contributed by atoms with van der Waals surface area (Å²) < 4.78 is 7.39. The van der Waals surface area contributed by atoms with Gasteiger partial charge in [0.1, 0.15) is 11.8 Å². The van der Waals surface area contributed by atoms with Gasteiger partial charge in [-0.25, -0.2) is 0 Å². The van der Waals surface area contributed by atoms with Gasteiger partial charge in [-0.3, -0.25) is 19.7 Å². The molecule has 2 aromatic carbocycles. The molecule has 0 saturated heterocycles. The molecule has 0 radical (unpaired) electrons. The van der Waals surface area contributed by atoms with E-state index < -0.39 is 6.10 Å². The van der Waals surface area contributed by atoms with E-state index in [0.717, 1.165) is 11.4 Å². The number of nitriles is 1. The van der Waals surface area contributed by atoms with E-state index in [1.165, 1.54) is 0 Å². The fourth-order valence-electron chi connectivity index (χ4n) is 2.88. The molecule has 3 aromatic rings. The summed E-state index contributed by atoms with van der Waals surface area (Å²) in [6, 6.07) is 19.2. The van der Waals surface area contributed by atoms with Crippen LogP contribution in [0.5, 0.6) is 5.75 Å². The van der Waals surface area contributed by atoms with Gasteiger partial charge in [-0.15, -0.1) is 0 Å². The van der Waals surface area contributed by atoms with Crippen LogP contribution < -0.4 is 15.5 Å². The third kappa shape index (κ3) is 4.67.